The first-order valence-electron chi connectivity index (χ1n) is 7.32. The highest BCUT2D eigenvalue weighted by Gasteiger charge is 2.22. The smallest absolute Gasteiger partial charge is 0.0739 e. The molecule has 2 heterocycles. The number of nitrogens with zero attached hydrogens (tertiary/aromatic N) is 3. The summed E-state index contributed by atoms with van der Waals surface area (Å²) in [6, 6.07) is 0. The first-order chi connectivity index (χ1) is 9.65. The van der Waals surface area contributed by atoms with E-state index in [-0.39, 0.29) is 6.61 Å². The second-order valence-electron chi connectivity index (χ2n) is 5.23. The fourth-order valence-electron chi connectivity index (χ4n) is 2.69. The van der Waals surface area contributed by atoms with Gasteiger partial charge in [0.2, 0.25) is 0 Å². The largest absolute Gasteiger partial charge is 0.394 e. The van der Waals surface area contributed by atoms with Gasteiger partial charge in [0.05, 0.1) is 35.2 Å². The third-order valence-electron chi connectivity index (χ3n) is 3.81. The van der Waals surface area contributed by atoms with Crippen LogP contribution in [0.5, 0.6) is 0 Å². The van der Waals surface area contributed by atoms with E-state index in [2.05, 4.69) is 37.5 Å². The molecule has 2 rings (SSSR count). The summed E-state index contributed by atoms with van der Waals surface area (Å²) in [4.78, 5) is 2.45. The van der Waals surface area contributed by atoms with E-state index in [0.29, 0.717) is 12.7 Å². The molecule has 6 heteroatoms. The number of hydrogen-bond acceptors (Lipinski definition) is 4. The Morgan fingerprint density at radius 1 is 1.40 bits per heavy atom. The molecule has 0 aromatic carbocycles. The van der Waals surface area contributed by atoms with Gasteiger partial charge in [-0.25, -0.2) is 0 Å². The van der Waals surface area contributed by atoms with Crippen LogP contribution >= 0.6 is 15.9 Å². The summed E-state index contributed by atoms with van der Waals surface area (Å²) in [5.74, 6) is 0. The van der Waals surface area contributed by atoms with E-state index in [9.17, 15) is 0 Å². The van der Waals surface area contributed by atoms with Crippen LogP contribution < -0.4 is 0 Å². The van der Waals surface area contributed by atoms with Gasteiger partial charge >= 0.3 is 0 Å². The lowest BCUT2D eigenvalue weighted by Crippen LogP contribution is -2.37. The number of likely N-dealkylation sites (tertiary alicyclic amines) is 1. The molecule has 1 aliphatic heterocycles. The van der Waals surface area contributed by atoms with Gasteiger partial charge < -0.3 is 9.84 Å². The van der Waals surface area contributed by atoms with Crippen molar-refractivity contribution >= 4 is 15.9 Å². The Balaban J connectivity index is 1.89. The molecule has 0 unspecified atom stereocenters. The molecular formula is C14H24BrN3O2. The monoisotopic (exact) mass is 345 g/mol. The Morgan fingerprint density at radius 2 is 2.10 bits per heavy atom. The Morgan fingerprint density at radius 3 is 2.70 bits per heavy atom. The minimum absolute atomic E-state index is 0.113. The van der Waals surface area contributed by atoms with Crippen LogP contribution in [0, 0.1) is 6.92 Å². The molecule has 1 N–H and O–H groups in total. The SMILES string of the molecule is CCn1nc(C)c(Br)c1CN1CCC(OCCO)CC1. The zero-order chi connectivity index (χ0) is 14.5. The third-order valence-corrected chi connectivity index (χ3v) is 4.84. The molecule has 114 valence electrons. The molecule has 0 bridgehead atoms. The van der Waals surface area contributed by atoms with Gasteiger partial charge in [0, 0.05) is 26.2 Å². The number of aliphatic hydroxyl groups is 1. The fraction of sp³-hybridized carbons (Fsp3) is 0.786. The van der Waals surface area contributed by atoms with Crippen LogP contribution in [0.1, 0.15) is 31.2 Å². The second kappa shape index (κ2) is 7.54. The topological polar surface area (TPSA) is 50.5 Å². The predicted octanol–water partition coefficient (Wildman–Crippen LogP) is 1.95. The number of halogens is 1. The van der Waals surface area contributed by atoms with Crippen molar-refractivity contribution in [2.75, 3.05) is 26.3 Å². The summed E-state index contributed by atoms with van der Waals surface area (Å²) < 4.78 is 8.81. The summed E-state index contributed by atoms with van der Waals surface area (Å²) in [6.07, 6.45) is 2.38. The summed E-state index contributed by atoms with van der Waals surface area (Å²) in [5.41, 5.74) is 2.32. The van der Waals surface area contributed by atoms with Crippen LogP contribution in [0.4, 0.5) is 0 Å². The lowest BCUT2D eigenvalue weighted by molar-refractivity contribution is -0.00940. The van der Waals surface area contributed by atoms with E-state index >= 15 is 0 Å². The Bertz CT molecular complexity index is 428. The first-order valence-corrected chi connectivity index (χ1v) is 8.11. The van der Waals surface area contributed by atoms with Gasteiger partial charge in [0.1, 0.15) is 0 Å². The number of ether oxygens (including phenoxy) is 1. The van der Waals surface area contributed by atoms with Crippen LogP contribution in [0.3, 0.4) is 0 Å². The predicted molar refractivity (Wildman–Crippen MR) is 81.7 cm³/mol. The van der Waals surface area contributed by atoms with Crippen molar-refractivity contribution < 1.29 is 9.84 Å². The van der Waals surface area contributed by atoms with E-state index < -0.39 is 0 Å². The van der Waals surface area contributed by atoms with Crippen molar-refractivity contribution in [1.82, 2.24) is 14.7 Å². The Hall–Kier alpha value is -0.430. The standard InChI is InChI=1S/C14H24BrN3O2/c1-3-18-13(14(15)11(2)16-18)10-17-6-4-12(5-7-17)20-9-8-19/h12,19H,3-10H2,1-2H3. The van der Waals surface area contributed by atoms with Gasteiger partial charge in [-0.05, 0) is 42.6 Å². The maximum Gasteiger partial charge on any atom is 0.0739 e. The number of piperidine rings is 1. The minimum atomic E-state index is 0.113. The van der Waals surface area contributed by atoms with Crippen LogP contribution in [0.15, 0.2) is 4.47 Å². The average Bonchev–Trinajstić information content (AvgIpc) is 2.74. The lowest BCUT2D eigenvalue weighted by atomic mass is 10.1. The van der Waals surface area contributed by atoms with Crippen LogP contribution in [-0.2, 0) is 17.8 Å². The van der Waals surface area contributed by atoms with Crippen molar-refractivity contribution in [2.24, 2.45) is 0 Å². The highest BCUT2D eigenvalue weighted by Crippen LogP contribution is 2.24. The molecule has 1 fully saturated rings. The summed E-state index contributed by atoms with van der Waals surface area (Å²) in [5, 5.41) is 13.3. The molecule has 1 saturated heterocycles. The summed E-state index contributed by atoms with van der Waals surface area (Å²) >= 11 is 3.65. The molecule has 1 aromatic heterocycles. The molecule has 20 heavy (non-hydrogen) atoms. The fourth-order valence-corrected chi connectivity index (χ4v) is 3.09. The van der Waals surface area contributed by atoms with Gasteiger partial charge in [-0.15, -0.1) is 0 Å². The molecule has 0 saturated carbocycles. The zero-order valence-corrected chi connectivity index (χ0v) is 13.9. The lowest BCUT2D eigenvalue weighted by Gasteiger charge is -2.31. The highest BCUT2D eigenvalue weighted by molar-refractivity contribution is 9.10. The van der Waals surface area contributed by atoms with Gasteiger partial charge in [-0.2, -0.15) is 5.10 Å². The van der Waals surface area contributed by atoms with E-state index in [0.717, 1.165) is 49.2 Å². The molecule has 1 aliphatic rings. The molecule has 1 aromatic rings. The van der Waals surface area contributed by atoms with Crippen molar-refractivity contribution in [3.05, 3.63) is 15.9 Å². The summed E-state index contributed by atoms with van der Waals surface area (Å²) in [7, 11) is 0. The Labute approximate surface area is 129 Å². The molecule has 0 amide bonds. The molecule has 0 radical (unpaired) electrons. The maximum atomic E-state index is 8.78. The van der Waals surface area contributed by atoms with Gasteiger partial charge in [0.25, 0.3) is 0 Å². The third kappa shape index (κ3) is 3.81. The zero-order valence-electron chi connectivity index (χ0n) is 12.3. The van der Waals surface area contributed by atoms with Crippen molar-refractivity contribution in [3.63, 3.8) is 0 Å². The number of hydrogen-bond donors (Lipinski definition) is 1. The van der Waals surface area contributed by atoms with E-state index in [1.54, 1.807) is 0 Å². The van der Waals surface area contributed by atoms with Crippen molar-refractivity contribution in [2.45, 2.75) is 45.9 Å². The second-order valence-corrected chi connectivity index (χ2v) is 6.02. The van der Waals surface area contributed by atoms with E-state index in [4.69, 9.17) is 9.84 Å². The number of rotatable bonds is 6. The van der Waals surface area contributed by atoms with Crippen LogP contribution in [0.25, 0.3) is 0 Å². The molecule has 0 spiro atoms. The molecule has 0 atom stereocenters. The molecule has 0 aliphatic carbocycles. The van der Waals surface area contributed by atoms with Crippen molar-refractivity contribution in [1.29, 1.82) is 0 Å². The van der Waals surface area contributed by atoms with Gasteiger partial charge in [0.15, 0.2) is 0 Å². The van der Waals surface area contributed by atoms with E-state index in [1.165, 1.54) is 5.69 Å². The maximum absolute atomic E-state index is 8.78. The first kappa shape index (κ1) is 15.9. The molecular weight excluding hydrogens is 322 g/mol. The number of aliphatic hydroxyl groups excluding tert-OH is 1. The molecule has 5 nitrogen and oxygen atoms in total. The number of aromatic nitrogens is 2. The normalized spacial score (nSPS) is 17.8. The van der Waals surface area contributed by atoms with E-state index in [1.807, 2.05) is 6.92 Å². The Kier molecular flexibility index (Phi) is 6.01. The summed E-state index contributed by atoms with van der Waals surface area (Å²) in [6.45, 7) is 8.64. The highest BCUT2D eigenvalue weighted by atomic mass is 79.9. The quantitative estimate of drug-likeness (QED) is 0.856. The van der Waals surface area contributed by atoms with Crippen molar-refractivity contribution in [3.8, 4) is 0 Å². The van der Waals surface area contributed by atoms with Gasteiger partial charge in [-0.1, -0.05) is 0 Å². The minimum Gasteiger partial charge on any atom is -0.394 e. The van der Waals surface area contributed by atoms with Crippen LogP contribution in [0.2, 0.25) is 0 Å². The van der Waals surface area contributed by atoms with Gasteiger partial charge in [-0.3, -0.25) is 9.58 Å². The number of aryl methyl sites for hydroxylation is 2. The average molecular weight is 346 g/mol. The van der Waals surface area contributed by atoms with Crippen LogP contribution in [-0.4, -0.2) is 52.2 Å².